The van der Waals surface area contributed by atoms with Gasteiger partial charge in [0.05, 0.1) is 17.3 Å². The molecule has 2 aliphatic rings. The Morgan fingerprint density at radius 3 is 2.26 bits per heavy atom. The van der Waals surface area contributed by atoms with E-state index in [0.29, 0.717) is 6.42 Å². The van der Waals surface area contributed by atoms with Crippen molar-refractivity contribution in [3.05, 3.63) is 124 Å². The minimum Gasteiger partial charge on any atom is -0.291 e. The normalized spacial score (nSPS) is 22.1. The van der Waals surface area contributed by atoms with E-state index in [4.69, 9.17) is 5.10 Å². The first kappa shape index (κ1) is 18.3. The fraction of sp³-hybridized carbons (Fsp3) is 0.111. The van der Waals surface area contributed by atoms with E-state index in [1.807, 2.05) is 71.7 Å². The lowest BCUT2D eigenvalue weighted by Gasteiger charge is -2.37. The lowest BCUT2D eigenvalue weighted by Crippen LogP contribution is -2.53. The molecule has 31 heavy (non-hydrogen) atoms. The van der Waals surface area contributed by atoms with E-state index in [-0.39, 0.29) is 11.7 Å². The number of hydrazone groups is 1. The SMILES string of the molecule is O=C1c2ccccc2C[C@]12[C@@H](c1cccs1)C(c1ccccc1)=NN2c1ccccc1. The van der Waals surface area contributed by atoms with Crippen LogP contribution in [0.3, 0.4) is 0 Å². The molecule has 0 unspecified atom stereocenters. The summed E-state index contributed by atoms with van der Waals surface area (Å²) in [6, 6.07) is 32.6. The molecule has 4 heteroatoms. The average Bonchev–Trinajstić information content (AvgIpc) is 3.53. The van der Waals surface area contributed by atoms with Crippen molar-refractivity contribution in [2.75, 3.05) is 5.01 Å². The van der Waals surface area contributed by atoms with Crippen molar-refractivity contribution in [1.82, 2.24) is 0 Å². The molecule has 1 aliphatic heterocycles. The fourth-order valence-corrected chi connectivity index (χ4v) is 5.94. The minimum atomic E-state index is -0.804. The van der Waals surface area contributed by atoms with Crippen LogP contribution in [0.5, 0.6) is 0 Å². The maximum Gasteiger partial charge on any atom is 0.192 e. The average molecular weight is 421 g/mol. The predicted molar refractivity (Wildman–Crippen MR) is 126 cm³/mol. The number of Topliss-reactive ketones (excluding diaryl/α,β-unsaturated/α-hetero) is 1. The van der Waals surface area contributed by atoms with Crippen LogP contribution in [-0.4, -0.2) is 17.0 Å². The molecule has 0 bridgehead atoms. The van der Waals surface area contributed by atoms with Gasteiger partial charge in [-0.3, -0.25) is 4.79 Å². The van der Waals surface area contributed by atoms with E-state index in [9.17, 15) is 4.79 Å². The number of fused-ring (bicyclic) bond motifs is 1. The quantitative estimate of drug-likeness (QED) is 0.411. The highest BCUT2D eigenvalue weighted by Gasteiger charge is 2.61. The number of carbonyl (C=O) groups excluding carboxylic acids is 1. The van der Waals surface area contributed by atoms with Gasteiger partial charge in [-0.25, -0.2) is 5.01 Å². The van der Waals surface area contributed by atoms with Crippen molar-refractivity contribution in [3.8, 4) is 0 Å². The summed E-state index contributed by atoms with van der Waals surface area (Å²) in [5, 5.41) is 9.26. The molecule has 2 heterocycles. The number of carbonyl (C=O) groups is 1. The molecule has 0 amide bonds. The highest BCUT2D eigenvalue weighted by molar-refractivity contribution is 7.10. The number of hydrogen-bond acceptors (Lipinski definition) is 4. The lowest BCUT2D eigenvalue weighted by atomic mass is 9.75. The van der Waals surface area contributed by atoms with E-state index >= 15 is 0 Å². The third kappa shape index (κ3) is 2.65. The number of nitrogens with zero attached hydrogens (tertiary/aromatic N) is 2. The Balaban J connectivity index is 1.63. The Morgan fingerprint density at radius 1 is 0.839 bits per heavy atom. The van der Waals surface area contributed by atoms with Gasteiger partial charge < -0.3 is 0 Å². The van der Waals surface area contributed by atoms with Crippen molar-refractivity contribution in [1.29, 1.82) is 0 Å². The van der Waals surface area contributed by atoms with Crippen molar-refractivity contribution in [2.45, 2.75) is 17.9 Å². The molecule has 3 aromatic carbocycles. The Hall–Kier alpha value is -3.50. The zero-order valence-corrected chi connectivity index (χ0v) is 17.6. The zero-order chi connectivity index (χ0) is 20.8. The van der Waals surface area contributed by atoms with Crippen LogP contribution < -0.4 is 5.01 Å². The summed E-state index contributed by atoms with van der Waals surface area (Å²) in [7, 11) is 0. The second-order valence-corrected chi connectivity index (χ2v) is 9.01. The molecule has 1 aromatic heterocycles. The maximum absolute atomic E-state index is 14.2. The highest BCUT2D eigenvalue weighted by Crippen LogP contribution is 2.52. The second-order valence-electron chi connectivity index (χ2n) is 8.03. The minimum absolute atomic E-state index is 0.144. The van der Waals surface area contributed by atoms with Crippen molar-refractivity contribution in [2.24, 2.45) is 5.10 Å². The van der Waals surface area contributed by atoms with E-state index in [0.717, 1.165) is 28.1 Å². The number of thiophene rings is 1. The van der Waals surface area contributed by atoms with E-state index < -0.39 is 5.54 Å². The van der Waals surface area contributed by atoms with Crippen molar-refractivity contribution < 1.29 is 4.79 Å². The van der Waals surface area contributed by atoms with E-state index in [1.165, 1.54) is 4.88 Å². The summed E-state index contributed by atoms with van der Waals surface area (Å²) in [4.78, 5) is 15.3. The molecule has 0 saturated heterocycles. The van der Waals surface area contributed by atoms with Gasteiger partial charge in [0.15, 0.2) is 5.78 Å². The molecule has 4 aromatic rings. The van der Waals surface area contributed by atoms with E-state index in [2.05, 4.69) is 35.7 Å². The number of ketones is 1. The van der Waals surface area contributed by atoms with Crippen LogP contribution in [0.1, 0.15) is 32.3 Å². The van der Waals surface area contributed by atoms with Crippen LogP contribution in [0.2, 0.25) is 0 Å². The second kappa shape index (κ2) is 7.03. The monoisotopic (exact) mass is 420 g/mol. The van der Waals surface area contributed by atoms with Crippen LogP contribution >= 0.6 is 11.3 Å². The highest BCUT2D eigenvalue weighted by atomic mass is 32.1. The number of para-hydroxylation sites is 1. The van der Waals surface area contributed by atoms with Crippen molar-refractivity contribution >= 4 is 28.5 Å². The number of anilines is 1. The lowest BCUT2D eigenvalue weighted by molar-refractivity contribution is 0.0900. The smallest absolute Gasteiger partial charge is 0.192 e. The number of benzene rings is 3. The van der Waals surface area contributed by atoms with Crippen LogP contribution in [0.25, 0.3) is 0 Å². The summed E-state index contributed by atoms with van der Waals surface area (Å²) in [5.41, 5.74) is 4.06. The first-order valence-corrected chi connectivity index (χ1v) is 11.3. The van der Waals surface area contributed by atoms with Crippen LogP contribution in [0, 0.1) is 0 Å². The van der Waals surface area contributed by atoms with Gasteiger partial charge in [-0.15, -0.1) is 11.3 Å². The zero-order valence-electron chi connectivity index (χ0n) is 16.8. The molecule has 2 atom stereocenters. The maximum atomic E-state index is 14.2. The van der Waals surface area contributed by atoms with Gasteiger partial charge in [-0.1, -0.05) is 78.9 Å². The van der Waals surface area contributed by atoms with Gasteiger partial charge in [0, 0.05) is 16.9 Å². The van der Waals surface area contributed by atoms with Gasteiger partial charge in [0.1, 0.15) is 5.54 Å². The predicted octanol–water partition coefficient (Wildman–Crippen LogP) is 5.93. The largest absolute Gasteiger partial charge is 0.291 e. The van der Waals surface area contributed by atoms with Gasteiger partial charge in [0.2, 0.25) is 0 Å². The molecule has 6 rings (SSSR count). The summed E-state index contributed by atoms with van der Waals surface area (Å²) >= 11 is 1.70. The Labute approximate surface area is 185 Å². The third-order valence-electron chi connectivity index (χ3n) is 6.35. The first-order valence-electron chi connectivity index (χ1n) is 10.4. The number of hydrogen-bond donors (Lipinski definition) is 0. The third-order valence-corrected chi connectivity index (χ3v) is 7.29. The van der Waals surface area contributed by atoms with E-state index in [1.54, 1.807) is 11.3 Å². The summed E-state index contributed by atoms with van der Waals surface area (Å²) in [6.07, 6.45) is 0.638. The van der Waals surface area contributed by atoms with Gasteiger partial charge in [-0.2, -0.15) is 5.10 Å². The topological polar surface area (TPSA) is 32.7 Å². The molecule has 0 N–H and O–H groups in total. The van der Waals surface area contributed by atoms with Gasteiger partial charge in [-0.05, 0) is 34.7 Å². The van der Waals surface area contributed by atoms with Crippen LogP contribution in [0.4, 0.5) is 5.69 Å². The molecule has 1 spiro atoms. The van der Waals surface area contributed by atoms with Crippen LogP contribution in [-0.2, 0) is 6.42 Å². The Kier molecular flexibility index (Phi) is 4.15. The first-order chi connectivity index (χ1) is 15.3. The molecule has 0 fully saturated rings. The molecular weight excluding hydrogens is 400 g/mol. The van der Waals surface area contributed by atoms with Crippen LogP contribution in [0.15, 0.2) is 108 Å². The molecule has 3 nitrogen and oxygen atoms in total. The number of rotatable bonds is 3. The standard InChI is InChI=1S/C27H20N2OS/c30-26-22-15-8-7-12-20(22)18-27(26)24(23-16-9-17-31-23)25(19-10-3-1-4-11-19)28-29(27)21-13-5-2-6-14-21/h1-17,24H,18H2/t24-,27-/m0/s1. The summed E-state index contributed by atoms with van der Waals surface area (Å²) < 4.78 is 0. The Bertz CT molecular complexity index is 1280. The fourth-order valence-electron chi connectivity index (χ4n) is 5.02. The van der Waals surface area contributed by atoms with Gasteiger partial charge in [0.25, 0.3) is 0 Å². The molecule has 1 aliphatic carbocycles. The van der Waals surface area contributed by atoms with Crippen molar-refractivity contribution in [3.63, 3.8) is 0 Å². The molecule has 0 saturated carbocycles. The summed E-state index contributed by atoms with van der Waals surface area (Å²) in [6.45, 7) is 0. The molecular formula is C27H20N2OS. The summed E-state index contributed by atoms with van der Waals surface area (Å²) in [5.74, 6) is 0.00930. The molecule has 150 valence electrons. The molecule has 0 radical (unpaired) electrons. The van der Waals surface area contributed by atoms with Gasteiger partial charge >= 0.3 is 0 Å². The Morgan fingerprint density at radius 2 is 1.55 bits per heavy atom.